The van der Waals surface area contributed by atoms with E-state index in [-0.39, 0.29) is 6.04 Å². The molecule has 0 aliphatic rings. The molecule has 1 aromatic carbocycles. The van der Waals surface area contributed by atoms with Crippen LogP contribution in [0.2, 0.25) is 0 Å². The molecule has 0 saturated heterocycles. The number of hydrogen-bond donors (Lipinski definition) is 1. The lowest BCUT2D eigenvalue weighted by molar-refractivity contribution is 0.323. The minimum Gasteiger partial charge on any atom is -0.492 e. The number of ether oxygens (including phenoxy) is 1. The van der Waals surface area contributed by atoms with Crippen molar-refractivity contribution in [1.29, 1.82) is 0 Å². The predicted octanol–water partition coefficient (Wildman–Crippen LogP) is 2.68. The largest absolute Gasteiger partial charge is 0.492 e. The molecule has 0 radical (unpaired) electrons. The molecule has 2 N–H and O–H groups in total. The molecule has 0 amide bonds. The molecule has 1 aromatic rings. The van der Waals surface area contributed by atoms with Gasteiger partial charge in [-0.3, -0.25) is 0 Å². The summed E-state index contributed by atoms with van der Waals surface area (Å²) in [5.41, 5.74) is 8.40. The van der Waals surface area contributed by atoms with Gasteiger partial charge >= 0.3 is 0 Å². The Bertz CT molecular complexity index is 392. The fourth-order valence-corrected chi connectivity index (χ4v) is 1.66. The molecule has 17 heavy (non-hydrogen) atoms. The third-order valence-electron chi connectivity index (χ3n) is 2.73. The van der Waals surface area contributed by atoms with Crippen molar-refractivity contribution < 1.29 is 4.74 Å². The molecular formula is C15H21NO. The van der Waals surface area contributed by atoms with Crippen LogP contribution in [0.3, 0.4) is 0 Å². The van der Waals surface area contributed by atoms with Crippen molar-refractivity contribution in [2.75, 3.05) is 6.61 Å². The van der Waals surface area contributed by atoms with E-state index < -0.39 is 0 Å². The Hall–Kier alpha value is -1.46. The van der Waals surface area contributed by atoms with Gasteiger partial charge in [0.15, 0.2) is 0 Å². The van der Waals surface area contributed by atoms with Crippen molar-refractivity contribution >= 4 is 0 Å². The van der Waals surface area contributed by atoms with Gasteiger partial charge in [0, 0.05) is 12.5 Å². The van der Waals surface area contributed by atoms with Gasteiger partial charge in [0.25, 0.3) is 0 Å². The highest BCUT2D eigenvalue weighted by atomic mass is 16.5. The van der Waals surface area contributed by atoms with Crippen LogP contribution in [0.1, 0.15) is 30.9 Å². The first kappa shape index (κ1) is 13.6. The lowest BCUT2D eigenvalue weighted by atomic mass is 10.0. The van der Waals surface area contributed by atoms with Crippen molar-refractivity contribution in [3.63, 3.8) is 0 Å². The summed E-state index contributed by atoms with van der Waals surface area (Å²) in [6, 6.07) is 6.38. The van der Waals surface area contributed by atoms with E-state index in [0.29, 0.717) is 13.0 Å². The number of terminal acetylenes is 1. The van der Waals surface area contributed by atoms with Gasteiger partial charge in [-0.25, -0.2) is 0 Å². The Labute approximate surface area is 104 Å². The molecule has 1 atom stereocenters. The molecule has 92 valence electrons. The van der Waals surface area contributed by atoms with E-state index >= 15 is 0 Å². The third-order valence-corrected chi connectivity index (χ3v) is 2.73. The molecular weight excluding hydrogens is 210 g/mol. The van der Waals surface area contributed by atoms with Crippen LogP contribution in [-0.4, -0.2) is 12.6 Å². The van der Waals surface area contributed by atoms with Crippen LogP contribution in [0.15, 0.2) is 18.2 Å². The Balaban J connectivity index is 2.77. The molecule has 0 spiro atoms. The summed E-state index contributed by atoms with van der Waals surface area (Å²) >= 11 is 0. The minimum absolute atomic E-state index is 0.187. The van der Waals surface area contributed by atoms with E-state index in [9.17, 15) is 0 Å². The van der Waals surface area contributed by atoms with Crippen LogP contribution in [0.25, 0.3) is 0 Å². The van der Waals surface area contributed by atoms with Crippen LogP contribution in [0, 0.1) is 19.3 Å². The number of benzene rings is 1. The Morgan fingerprint density at radius 2 is 2.24 bits per heavy atom. The standard InChI is InChI=1S/C15H21NO/c1-4-6-9-17-15-8-7-12(3)10-13(15)11-14(16)5-2/h1,7-8,10,14H,5-6,9,11,16H2,2-3H3. The number of aryl methyl sites for hydroxylation is 1. The summed E-state index contributed by atoms with van der Waals surface area (Å²) in [5.74, 6) is 3.48. The van der Waals surface area contributed by atoms with Gasteiger partial charge in [-0.05, 0) is 31.4 Å². The molecule has 0 aliphatic heterocycles. The monoisotopic (exact) mass is 231 g/mol. The molecule has 0 aromatic heterocycles. The van der Waals surface area contributed by atoms with E-state index in [0.717, 1.165) is 18.6 Å². The smallest absolute Gasteiger partial charge is 0.122 e. The Kier molecular flexibility index (Phi) is 5.59. The molecule has 0 fully saturated rings. The van der Waals surface area contributed by atoms with Crippen LogP contribution >= 0.6 is 0 Å². The summed E-state index contributed by atoms with van der Waals surface area (Å²) in [4.78, 5) is 0. The molecule has 2 heteroatoms. The lowest BCUT2D eigenvalue weighted by Gasteiger charge is -2.14. The van der Waals surface area contributed by atoms with Crippen molar-refractivity contribution in [2.24, 2.45) is 5.73 Å². The van der Waals surface area contributed by atoms with Gasteiger partial charge in [-0.15, -0.1) is 12.3 Å². The number of rotatable bonds is 6. The maximum Gasteiger partial charge on any atom is 0.122 e. The molecule has 0 saturated carbocycles. The topological polar surface area (TPSA) is 35.2 Å². The Morgan fingerprint density at radius 1 is 1.47 bits per heavy atom. The zero-order valence-electron chi connectivity index (χ0n) is 10.7. The van der Waals surface area contributed by atoms with Crippen LogP contribution in [0.4, 0.5) is 0 Å². The highest BCUT2D eigenvalue weighted by Crippen LogP contribution is 2.22. The quantitative estimate of drug-likeness (QED) is 0.603. The third kappa shape index (κ3) is 4.50. The van der Waals surface area contributed by atoms with Crippen molar-refractivity contribution in [2.45, 2.75) is 39.2 Å². The van der Waals surface area contributed by atoms with Gasteiger partial charge in [-0.1, -0.05) is 24.6 Å². The van der Waals surface area contributed by atoms with Crippen LogP contribution in [-0.2, 0) is 6.42 Å². The van der Waals surface area contributed by atoms with Crippen molar-refractivity contribution in [1.82, 2.24) is 0 Å². The summed E-state index contributed by atoms with van der Waals surface area (Å²) in [5, 5.41) is 0. The lowest BCUT2D eigenvalue weighted by Crippen LogP contribution is -2.21. The SMILES string of the molecule is C#CCCOc1ccc(C)cc1CC(N)CC. The van der Waals surface area contributed by atoms with Gasteiger partial charge in [0.1, 0.15) is 5.75 Å². The molecule has 1 unspecified atom stereocenters. The van der Waals surface area contributed by atoms with Crippen LogP contribution < -0.4 is 10.5 Å². The van der Waals surface area contributed by atoms with E-state index in [1.165, 1.54) is 11.1 Å². The summed E-state index contributed by atoms with van der Waals surface area (Å²) in [6.45, 7) is 4.74. The molecule has 0 bridgehead atoms. The maximum absolute atomic E-state index is 5.99. The molecule has 0 heterocycles. The first-order chi connectivity index (χ1) is 8.17. The molecule has 2 nitrogen and oxygen atoms in total. The predicted molar refractivity (Wildman–Crippen MR) is 72.1 cm³/mol. The molecule has 0 aliphatic carbocycles. The highest BCUT2D eigenvalue weighted by Gasteiger charge is 2.08. The number of hydrogen-bond acceptors (Lipinski definition) is 2. The number of nitrogens with two attached hydrogens (primary N) is 1. The molecule has 1 rings (SSSR count). The van der Waals surface area contributed by atoms with Crippen molar-refractivity contribution in [3.8, 4) is 18.1 Å². The van der Waals surface area contributed by atoms with Gasteiger partial charge < -0.3 is 10.5 Å². The minimum atomic E-state index is 0.187. The van der Waals surface area contributed by atoms with E-state index in [2.05, 4.69) is 25.8 Å². The second-order valence-corrected chi connectivity index (χ2v) is 4.29. The fraction of sp³-hybridized carbons (Fsp3) is 0.467. The first-order valence-corrected chi connectivity index (χ1v) is 6.08. The Morgan fingerprint density at radius 3 is 2.88 bits per heavy atom. The average Bonchev–Trinajstić information content (AvgIpc) is 2.32. The highest BCUT2D eigenvalue weighted by molar-refractivity contribution is 5.37. The second-order valence-electron chi connectivity index (χ2n) is 4.29. The van der Waals surface area contributed by atoms with E-state index in [4.69, 9.17) is 16.9 Å². The zero-order valence-corrected chi connectivity index (χ0v) is 10.7. The summed E-state index contributed by atoms with van der Waals surface area (Å²) in [6.07, 6.45) is 7.66. The first-order valence-electron chi connectivity index (χ1n) is 6.08. The summed E-state index contributed by atoms with van der Waals surface area (Å²) in [7, 11) is 0. The van der Waals surface area contributed by atoms with Gasteiger partial charge in [0.05, 0.1) is 6.61 Å². The second kappa shape index (κ2) is 6.98. The fourth-order valence-electron chi connectivity index (χ4n) is 1.66. The van der Waals surface area contributed by atoms with Gasteiger partial charge in [0.2, 0.25) is 0 Å². The summed E-state index contributed by atoms with van der Waals surface area (Å²) < 4.78 is 5.68. The van der Waals surface area contributed by atoms with Crippen molar-refractivity contribution in [3.05, 3.63) is 29.3 Å². The maximum atomic E-state index is 5.99. The zero-order chi connectivity index (χ0) is 12.7. The van der Waals surface area contributed by atoms with Crippen LogP contribution in [0.5, 0.6) is 5.75 Å². The normalized spacial score (nSPS) is 11.9. The van der Waals surface area contributed by atoms with E-state index in [1.54, 1.807) is 0 Å². The average molecular weight is 231 g/mol. The van der Waals surface area contributed by atoms with Gasteiger partial charge in [-0.2, -0.15) is 0 Å². The van der Waals surface area contributed by atoms with E-state index in [1.807, 2.05) is 12.1 Å².